The third-order valence-electron chi connectivity index (χ3n) is 4.05. The van der Waals surface area contributed by atoms with E-state index in [4.69, 9.17) is 0 Å². The Morgan fingerprint density at radius 3 is 2.53 bits per heavy atom. The monoisotopic (exact) mass is 262 g/mol. The number of nitrogens with one attached hydrogen (secondary N) is 1. The van der Waals surface area contributed by atoms with Crippen molar-refractivity contribution in [3.8, 4) is 0 Å². The maximum Gasteiger partial charge on any atom is 0.0587 e. The van der Waals surface area contributed by atoms with Crippen LogP contribution in [0.4, 0.5) is 0 Å². The molecule has 1 heterocycles. The van der Waals surface area contributed by atoms with E-state index in [0.29, 0.717) is 6.04 Å². The molecule has 1 aromatic carbocycles. The number of hydrogen-bond acceptors (Lipinski definition) is 3. The molecule has 0 spiro atoms. The van der Waals surface area contributed by atoms with Crippen molar-refractivity contribution < 1.29 is 5.11 Å². The van der Waals surface area contributed by atoms with Crippen molar-refractivity contribution in [3.63, 3.8) is 0 Å². The summed E-state index contributed by atoms with van der Waals surface area (Å²) in [4.78, 5) is 2.49. The summed E-state index contributed by atoms with van der Waals surface area (Å²) in [5.74, 6) is 0. The van der Waals surface area contributed by atoms with E-state index < -0.39 is 0 Å². The van der Waals surface area contributed by atoms with Gasteiger partial charge in [0.25, 0.3) is 0 Å². The van der Waals surface area contributed by atoms with Gasteiger partial charge < -0.3 is 15.3 Å². The smallest absolute Gasteiger partial charge is 0.0587 e. The lowest BCUT2D eigenvalue weighted by Gasteiger charge is -2.33. The van der Waals surface area contributed by atoms with Gasteiger partial charge in [-0.2, -0.15) is 0 Å². The summed E-state index contributed by atoms with van der Waals surface area (Å²) in [6.45, 7) is 5.94. The molecule has 106 valence electrons. The number of rotatable bonds is 6. The number of piperidine rings is 1. The largest absolute Gasteiger partial charge is 0.395 e. The minimum atomic E-state index is 0.181. The molecule has 0 saturated carbocycles. The number of aliphatic hydroxyl groups excluding tert-OH is 1. The highest BCUT2D eigenvalue weighted by Crippen LogP contribution is 2.12. The Balaban J connectivity index is 1.79. The summed E-state index contributed by atoms with van der Waals surface area (Å²) in [7, 11) is 0. The zero-order valence-corrected chi connectivity index (χ0v) is 11.9. The highest BCUT2D eigenvalue weighted by molar-refractivity contribution is 5.16. The normalized spacial score (nSPS) is 19.5. The van der Waals surface area contributed by atoms with Crippen molar-refractivity contribution >= 4 is 0 Å². The molecule has 1 aromatic rings. The van der Waals surface area contributed by atoms with Crippen molar-refractivity contribution in [2.75, 3.05) is 26.2 Å². The van der Waals surface area contributed by atoms with Crippen LogP contribution in [0.1, 0.15) is 25.3 Å². The maximum absolute atomic E-state index is 9.54. The molecule has 0 aliphatic carbocycles. The Morgan fingerprint density at radius 2 is 1.95 bits per heavy atom. The average Bonchev–Trinajstić information content (AvgIpc) is 2.48. The average molecular weight is 262 g/mol. The van der Waals surface area contributed by atoms with Crippen molar-refractivity contribution in [2.24, 2.45) is 0 Å². The molecule has 2 N–H and O–H groups in total. The first-order valence-electron chi connectivity index (χ1n) is 7.45. The Hall–Kier alpha value is -0.900. The van der Waals surface area contributed by atoms with E-state index in [1.807, 2.05) is 6.07 Å². The first-order valence-corrected chi connectivity index (χ1v) is 7.45. The summed E-state index contributed by atoms with van der Waals surface area (Å²) in [6, 6.07) is 11.1. The quantitative estimate of drug-likeness (QED) is 0.818. The van der Waals surface area contributed by atoms with Gasteiger partial charge in [-0.15, -0.1) is 0 Å². The Labute approximate surface area is 116 Å². The van der Waals surface area contributed by atoms with Crippen LogP contribution in [0.25, 0.3) is 0 Å². The van der Waals surface area contributed by atoms with Crippen LogP contribution in [0, 0.1) is 0 Å². The molecule has 1 atom stereocenters. The zero-order valence-electron chi connectivity index (χ0n) is 11.9. The van der Waals surface area contributed by atoms with Crippen LogP contribution in [0.5, 0.6) is 0 Å². The van der Waals surface area contributed by atoms with E-state index in [1.165, 1.54) is 31.5 Å². The fourth-order valence-corrected chi connectivity index (χ4v) is 2.82. The topological polar surface area (TPSA) is 35.5 Å². The standard InChI is InChI=1S/C16H26N2O/c1-2-18-10-8-15(9-11-18)17-16(13-19)12-14-6-4-3-5-7-14/h3-7,15-17,19H,2,8-13H2,1H3/t16-/m0/s1. The van der Waals surface area contributed by atoms with Gasteiger partial charge in [-0.25, -0.2) is 0 Å². The minimum Gasteiger partial charge on any atom is -0.395 e. The van der Waals surface area contributed by atoms with E-state index >= 15 is 0 Å². The summed E-state index contributed by atoms with van der Waals surface area (Å²) in [5.41, 5.74) is 1.29. The summed E-state index contributed by atoms with van der Waals surface area (Å²) in [5, 5.41) is 13.2. The summed E-state index contributed by atoms with van der Waals surface area (Å²) >= 11 is 0. The molecule has 3 heteroatoms. The maximum atomic E-state index is 9.54. The fourth-order valence-electron chi connectivity index (χ4n) is 2.82. The van der Waals surface area contributed by atoms with Crippen LogP contribution >= 0.6 is 0 Å². The van der Waals surface area contributed by atoms with Crippen molar-refractivity contribution in [1.82, 2.24) is 10.2 Å². The molecule has 0 bridgehead atoms. The first-order chi connectivity index (χ1) is 9.31. The summed E-state index contributed by atoms with van der Waals surface area (Å²) in [6.07, 6.45) is 3.30. The van der Waals surface area contributed by atoms with Gasteiger partial charge in [0.1, 0.15) is 0 Å². The van der Waals surface area contributed by atoms with E-state index in [2.05, 4.69) is 41.4 Å². The van der Waals surface area contributed by atoms with Gasteiger partial charge in [0.2, 0.25) is 0 Å². The van der Waals surface area contributed by atoms with Gasteiger partial charge in [0.15, 0.2) is 0 Å². The number of benzene rings is 1. The molecule has 1 saturated heterocycles. The van der Waals surface area contributed by atoms with E-state index in [0.717, 1.165) is 13.0 Å². The predicted octanol–water partition coefficient (Wildman–Crippen LogP) is 1.66. The molecular formula is C16H26N2O. The Morgan fingerprint density at radius 1 is 1.26 bits per heavy atom. The lowest BCUT2D eigenvalue weighted by atomic mass is 10.0. The molecule has 0 amide bonds. The highest BCUT2D eigenvalue weighted by atomic mass is 16.3. The van der Waals surface area contributed by atoms with Gasteiger partial charge in [-0.3, -0.25) is 0 Å². The first kappa shape index (κ1) is 14.5. The lowest BCUT2D eigenvalue weighted by Crippen LogP contribution is -2.48. The fraction of sp³-hybridized carbons (Fsp3) is 0.625. The molecule has 0 unspecified atom stereocenters. The number of nitrogens with zero attached hydrogens (tertiary/aromatic N) is 1. The van der Waals surface area contributed by atoms with Gasteiger partial charge in [0, 0.05) is 12.1 Å². The van der Waals surface area contributed by atoms with Crippen LogP contribution in [0.2, 0.25) is 0 Å². The van der Waals surface area contributed by atoms with Crippen LogP contribution in [0.3, 0.4) is 0 Å². The summed E-state index contributed by atoms with van der Waals surface area (Å²) < 4.78 is 0. The lowest BCUT2D eigenvalue weighted by molar-refractivity contribution is 0.176. The molecule has 0 radical (unpaired) electrons. The third-order valence-corrected chi connectivity index (χ3v) is 4.05. The SMILES string of the molecule is CCN1CCC(N[C@H](CO)Cc2ccccc2)CC1. The molecule has 0 aromatic heterocycles. The molecule has 1 fully saturated rings. The number of likely N-dealkylation sites (tertiary alicyclic amines) is 1. The highest BCUT2D eigenvalue weighted by Gasteiger charge is 2.20. The molecule has 19 heavy (non-hydrogen) atoms. The van der Waals surface area contributed by atoms with E-state index in [-0.39, 0.29) is 12.6 Å². The predicted molar refractivity (Wildman–Crippen MR) is 79.3 cm³/mol. The van der Waals surface area contributed by atoms with Gasteiger partial charge >= 0.3 is 0 Å². The van der Waals surface area contributed by atoms with E-state index in [1.54, 1.807) is 0 Å². The van der Waals surface area contributed by atoms with Crippen LogP contribution < -0.4 is 5.32 Å². The van der Waals surface area contributed by atoms with Crippen LogP contribution in [0.15, 0.2) is 30.3 Å². The number of aliphatic hydroxyl groups is 1. The van der Waals surface area contributed by atoms with Crippen LogP contribution in [-0.2, 0) is 6.42 Å². The molecular weight excluding hydrogens is 236 g/mol. The second-order valence-electron chi connectivity index (χ2n) is 5.44. The minimum absolute atomic E-state index is 0.181. The molecule has 1 aliphatic heterocycles. The zero-order chi connectivity index (χ0) is 13.5. The van der Waals surface area contributed by atoms with Crippen molar-refractivity contribution in [2.45, 2.75) is 38.3 Å². The van der Waals surface area contributed by atoms with Crippen molar-refractivity contribution in [1.29, 1.82) is 0 Å². The second kappa shape index (κ2) is 7.63. The van der Waals surface area contributed by atoms with Crippen molar-refractivity contribution in [3.05, 3.63) is 35.9 Å². The van der Waals surface area contributed by atoms with Crippen LogP contribution in [-0.4, -0.2) is 48.3 Å². The third kappa shape index (κ3) is 4.60. The molecule has 2 rings (SSSR count). The Kier molecular flexibility index (Phi) is 5.83. The van der Waals surface area contributed by atoms with Gasteiger partial charge in [-0.05, 0) is 44.5 Å². The van der Waals surface area contributed by atoms with Gasteiger partial charge in [-0.1, -0.05) is 37.3 Å². The number of hydrogen-bond donors (Lipinski definition) is 2. The molecule has 1 aliphatic rings. The van der Waals surface area contributed by atoms with E-state index in [9.17, 15) is 5.11 Å². The second-order valence-corrected chi connectivity index (χ2v) is 5.44. The van der Waals surface area contributed by atoms with Gasteiger partial charge in [0.05, 0.1) is 6.61 Å². The Bertz CT molecular complexity index is 347. The molecule has 3 nitrogen and oxygen atoms in total.